The highest BCUT2D eigenvalue weighted by Gasteiger charge is 2.13. The second-order valence-electron chi connectivity index (χ2n) is 7.43. The second kappa shape index (κ2) is 9.42. The van der Waals surface area contributed by atoms with E-state index in [2.05, 4.69) is 38.2 Å². The highest BCUT2D eigenvalue weighted by Crippen LogP contribution is 2.24. The van der Waals surface area contributed by atoms with Gasteiger partial charge in [-0.05, 0) is 30.2 Å². The summed E-state index contributed by atoms with van der Waals surface area (Å²) in [6, 6.07) is 8.02. The van der Waals surface area contributed by atoms with Crippen LogP contribution in [0.3, 0.4) is 0 Å². The van der Waals surface area contributed by atoms with Gasteiger partial charge in [0.2, 0.25) is 11.8 Å². The number of nitrogens with one attached hydrogen (secondary N) is 1. The SMILES string of the molecule is CN(CC(=O)NCCOc1ccc(C(C)(C)C)cc1)CC(=O)N(C)C. The average Bonchev–Trinajstić information content (AvgIpc) is 2.50. The molecule has 0 aromatic heterocycles. The van der Waals surface area contributed by atoms with E-state index in [-0.39, 0.29) is 30.3 Å². The summed E-state index contributed by atoms with van der Waals surface area (Å²) in [5.41, 5.74) is 1.37. The highest BCUT2D eigenvalue weighted by atomic mass is 16.5. The molecule has 1 rings (SSSR count). The van der Waals surface area contributed by atoms with Gasteiger partial charge in [-0.25, -0.2) is 0 Å². The fourth-order valence-electron chi connectivity index (χ4n) is 2.14. The van der Waals surface area contributed by atoms with Gasteiger partial charge in [0.05, 0.1) is 19.6 Å². The maximum absolute atomic E-state index is 11.8. The van der Waals surface area contributed by atoms with Crippen molar-refractivity contribution in [3.8, 4) is 5.75 Å². The summed E-state index contributed by atoms with van der Waals surface area (Å²) >= 11 is 0. The van der Waals surface area contributed by atoms with Gasteiger partial charge in [-0.15, -0.1) is 0 Å². The van der Waals surface area contributed by atoms with Crippen LogP contribution in [0.15, 0.2) is 24.3 Å². The minimum atomic E-state index is -0.124. The summed E-state index contributed by atoms with van der Waals surface area (Å²) in [4.78, 5) is 26.6. The van der Waals surface area contributed by atoms with Crippen molar-refractivity contribution >= 4 is 11.8 Å². The summed E-state index contributed by atoms with van der Waals surface area (Å²) < 4.78 is 5.64. The fraction of sp³-hybridized carbons (Fsp3) is 0.579. The first-order valence-electron chi connectivity index (χ1n) is 8.48. The van der Waals surface area contributed by atoms with Crippen LogP contribution in [-0.4, -0.2) is 69.0 Å². The Bertz CT molecular complexity index is 562. The molecule has 0 heterocycles. The maximum Gasteiger partial charge on any atom is 0.236 e. The lowest BCUT2D eigenvalue weighted by atomic mass is 9.87. The number of carbonyl (C=O) groups excluding carboxylic acids is 2. The molecule has 0 aliphatic carbocycles. The number of likely N-dealkylation sites (N-methyl/N-ethyl adjacent to an activating group) is 2. The molecular weight excluding hydrogens is 318 g/mol. The number of rotatable bonds is 8. The summed E-state index contributed by atoms with van der Waals surface area (Å²) in [5.74, 6) is 0.633. The first-order chi connectivity index (χ1) is 11.6. The van der Waals surface area contributed by atoms with Crippen LogP contribution in [0.2, 0.25) is 0 Å². The van der Waals surface area contributed by atoms with Crippen LogP contribution >= 0.6 is 0 Å². The van der Waals surface area contributed by atoms with Crippen molar-refractivity contribution in [2.75, 3.05) is 47.4 Å². The molecule has 1 N–H and O–H groups in total. The molecule has 0 aliphatic rings. The Balaban J connectivity index is 2.26. The predicted octanol–water partition coefficient (Wildman–Crippen LogP) is 1.50. The maximum atomic E-state index is 11.8. The van der Waals surface area contributed by atoms with Crippen LogP contribution in [0.1, 0.15) is 26.3 Å². The van der Waals surface area contributed by atoms with E-state index in [1.165, 1.54) is 10.5 Å². The Kier molecular flexibility index (Phi) is 7.90. The van der Waals surface area contributed by atoms with Gasteiger partial charge < -0.3 is 15.0 Å². The van der Waals surface area contributed by atoms with Gasteiger partial charge in [0.1, 0.15) is 12.4 Å². The lowest BCUT2D eigenvalue weighted by Gasteiger charge is -2.19. The molecule has 0 saturated heterocycles. The Labute approximate surface area is 151 Å². The smallest absolute Gasteiger partial charge is 0.236 e. The summed E-state index contributed by atoms with van der Waals surface area (Å²) in [6.45, 7) is 7.73. The van der Waals surface area contributed by atoms with Crippen molar-refractivity contribution in [1.82, 2.24) is 15.1 Å². The van der Waals surface area contributed by atoms with E-state index in [9.17, 15) is 9.59 Å². The zero-order valence-electron chi connectivity index (χ0n) is 16.3. The minimum Gasteiger partial charge on any atom is -0.492 e. The number of hydrogen-bond acceptors (Lipinski definition) is 4. The van der Waals surface area contributed by atoms with Gasteiger partial charge >= 0.3 is 0 Å². The molecule has 0 unspecified atom stereocenters. The summed E-state index contributed by atoms with van der Waals surface area (Å²) in [7, 11) is 5.14. The fourth-order valence-corrected chi connectivity index (χ4v) is 2.14. The average molecular weight is 349 g/mol. The number of amides is 2. The monoisotopic (exact) mass is 349 g/mol. The molecule has 0 fully saturated rings. The molecule has 0 bridgehead atoms. The third-order valence-corrected chi connectivity index (χ3v) is 3.73. The van der Waals surface area contributed by atoms with Gasteiger partial charge in [0.15, 0.2) is 0 Å². The van der Waals surface area contributed by atoms with Crippen LogP contribution < -0.4 is 10.1 Å². The lowest BCUT2D eigenvalue weighted by Crippen LogP contribution is -2.41. The first-order valence-corrected chi connectivity index (χ1v) is 8.48. The molecule has 140 valence electrons. The Morgan fingerprint density at radius 2 is 1.64 bits per heavy atom. The van der Waals surface area contributed by atoms with E-state index in [4.69, 9.17) is 4.74 Å². The van der Waals surface area contributed by atoms with Crippen LogP contribution in [0.4, 0.5) is 0 Å². The van der Waals surface area contributed by atoms with Crippen molar-refractivity contribution in [2.45, 2.75) is 26.2 Å². The predicted molar refractivity (Wildman–Crippen MR) is 99.8 cm³/mol. The van der Waals surface area contributed by atoms with Crippen molar-refractivity contribution in [3.63, 3.8) is 0 Å². The third kappa shape index (κ3) is 8.03. The molecule has 0 aliphatic heterocycles. The second-order valence-corrected chi connectivity index (χ2v) is 7.43. The molecule has 25 heavy (non-hydrogen) atoms. The van der Waals surface area contributed by atoms with Gasteiger partial charge in [0, 0.05) is 14.1 Å². The molecular formula is C19H31N3O3. The normalized spacial score (nSPS) is 11.3. The molecule has 0 saturated carbocycles. The van der Waals surface area contributed by atoms with Crippen LogP contribution in [-0.2, 0) is 15.0 Å². The van der Waals surface area contributed by atoms with Crippen molar-refractivity contribution in [2.24, 2.45) is 0 Å². The van der Waals surface area contributed by atoms with E-state index in [0.29, 0.717) is 13.2 Å². The minimum absolute atomic E-state index is 0.0302. The van der Waals surface area contributed by atoms with Gasteiger partial charge in [-0.2, -0.15) is 0 Å². The van der Waals surface area contributed by atoms with E-state index in [0.717, 1.165) is 5.75 Å². The molecule has 0 radical (unpaired) electrons. The largest absolute Gasteiger partial charge is 0.492 e. The molecule has 1 aromatic carbocycles. The third-order valence-electron chi connectivity index (χ3n) is 3.73. The quantitative estimate of drug-likeness (QED) is 0.723. The number of carbonyl (C=O) groups is 2. The number of nitrogens with zero attached hydrogens (tertiary/aromatic N) is 2. The van der Waals surface area contributed by atoms with Crippen LogP contribution in [0, 0.1) is 0 Å². The van der Waals surface area contributed by atoms with Gasteiger partial charge in [-0.1, -0.05) is 32.9 Å². The number of benzene rings is 1. The van der Waals surface area contributed by atoms with E-state index in [1.54, 1.807) is 26.0 Å². The lowest BCUT2D eigenvalue weighted by molar-refractivity contribution is -0.130. The molecule has 6 nitrogen and oxygen atoms in total. The van der Waals surface area contributed by atoms with Crippen molar-refractivity contribution in [1.29, 1.82) is 0 Å². The summed E-state index contributed by atoms with van der Waals surface area (Å²) in [6.07, 6.45) is 0. The number of hydrogen-bond donors (Lipinski definition) is 1. The Hall–Kier alpha value is -2.08. The molecule has 0 atom stereocenters. The molecule has 0 spiro atoms. The van der Waals surface area contributed by atoms with Crippen LogP contribution in [0.5, 0.6) is 5.75 Å². The van der Waals surface area contributed by atoms with E-state index in [1.807, 2.05) is 12.1 Å². The van der Waals surface area contributed by atoms with Crippen LogP contribution in [0.25, 0.3) is 0 Å². The van der Waals surface area contributed by atoms with Gasteiger partial charge in [-0.3, -0.25) is 14.5 Å². The van der Waals surface area contributed by atoms with Crippen molar-refractivity contribution < 1.29 is 14.3 Å². The molecule has 1 aromatic rings. The standard InChI is InChI=1S/C19H31N3O3/c1-19(2,3)15-7-9-16(10-8-15)25-12-11-20-17(23)13-22(6)14-18(24)21(4)5/h7-10H,11-14H2,1-6H3,(H,20,23). The molecule has 2 amide bonds. The Morgan fingerprint density at radius 3 is 2.16 bits per heavy atom. The van der Waals surface area contributed by atoms with E-state index < -0.39 is 0 Å². The highest BCUT2D eigenvalue weighted by molar-refractivity contribution is 5.80. The Morgan fingerprint density at radius 1 is 1.04 bits per heavy atom. The summed E-state index contributed by atoms with van der Waals surface area (Å²) in [5, 5.41) is 2.79. The molecule has 6 heteroatoms. The van der Waals surface area contributed by atoms with Crippen molar-refractivity contribution in [3.05, 3.63) is 29.8 Å². The zero-order chi connectivity index (χ0) is 19.0. The zero-order valence-corrected chi connectivity index (χ0v) is 16.3. The van der Waals surface area contributed by atoms with Gasteiger partial charge in [0.25, 0.3) is 0 Å². The topological polar surface area (TPSA) is 61.9 Å². The van der Waals surface area contributed by atoms with E-state index >= 15 is 0 Å². The first kappa shape index (κ1) is 21.0. The number of ether oxygens (including phenoxy) is 1.